The zero-order valence-corrected chi connectivity index (χ0v) is 15.2. The fraction of sp³-hybridized carbons (Fsp3) is 0.333. The molecule has 0 aliphatic carbocycles. The van der Waals surface area contributed by atoms with Crippen LogP contribution in [0.4, 0.5) is 0 Å². The third-order valence-corrected chi connectivity index (χ3v) is 5.65. The van der Waals surface area contributed by atoms with Crippen molar-refractivity contribution in [1.29, 1.82) is 0 Å². The number of hydrogen-bond acceptors (Lipinski definition) is 6. The van der Waals surface area contributed by atoms with Crippen LogP contribution in [0.15, 0.2) is 35.6 Å². The van der Waals surface area contributed by atoms with Gasteiger partial charge in [0, 0.05) is 30.9 Å². The van der Waals surface area contributed by atoms with E-state index in [0.717, 1.165) is 20.8 Å². The summed E-state index contributed by atoms with van der Waals surface area (Å²) in [6.45, 7) is 1.63. The second-order valence-electron chi connectivity index (χ2n) is 6.22. The highest BCUT2D eigenvalue weighted by Crippen LogP contribution is 2.32. The molecule has 1 aliphatic rings. The molecule has 0 aromatic carbocycles. The van der Waals surface area contributed by atoms with E-state index >= 15 is 0 Å². The quantitative estimate of drug-likeness (QED) is 0.694. The van der Waals surface area contributed by atoms with Crippen LogP contribution in [0, 0.1) is 0 Å². The molecule has 0 spiro atoms. The van der Waals surface area contributed by atoms with Gasteiger partial charge in [-0.15, -0.1) is 11.3 Å². The van der Waals surface area contributed by atoms with Gasteiger partial charge in [0.25, 0.3) is 5.56 Å². The van der Waals surface area contributed by atoms with Gasteiger partial charge >= 0.3 is 0 Å². The molecular weight excluding hydrogens is 352 g/mol. The molecule has 3 aromatic rings. The number of methoxy groups -OCH3 is 1. The molecule has 8 heteroatoms. The minimum Gasteiger partial charge on any atom is -0.375 e. The third kappa shape index (κ3) is 3.02. The Kier molecular flexibility index (Phi) is 4.52. The summed E-state index contributed by atoms with van der Waals surface area (Å²) in [6, 6.07) is 3.79. The molecule has 134 valence electrons. The largest absolute Gasteiger partial charge is 0.375 e. The van der Waals surface area contributed by atoms with Gasteiger partial charge < -0.3 is 9.64 Å². The molecule has 3 aromatic heterocycles. The summed E-state index contributed by atoms with van der Waals surface area (Å²) in [4.78, 5) is 37.2. The first-order chi connectivity index (χ1) is 12.7. The minimum atomic E-state index is -0.0342. The van der Waals surface area contributed by atoms with Crippen molar-refractivity contribution in [3.05, 3.63) is 57.2 Å². The number of carbonyl (C=O) groups is 1. The average Bonchev–Trinajstić information content (AvgIpc) is 3.03. The van der Waals surface area contributed by atoms with Crippen molar-refractivity contribution >= 4 is 27.5 Å². The SMILES string of the molecule is COCC(=O)N1CCc2c(sc3ncn(Cc4cccnc4)c(=O)c23)C1. The molecule has 0 radical (unpaired) electrons. The van der Waals surface area contributed by atoms with Gasteiger partial charge in [0.05, 0.1) is 24.8 Å². The van der Waals surface area contributed by atoms with Gasteiger partial charge in [-0.1, -0.05) is 6.07 Å². The normalized spacial score (nSPS) is 13.8. The van der Waals surface area contributed by atoms with E-state index in [1.54, 1.807) is 28.2 Å². The van der Waals surface area contributed by atoms with Crippen molar-refractivity contribution in [2.24, 2.45) is 0 Å². The van der Waals surface area contributed by atoms with E-state index in [0.29, 0.717) is 31.4 Å². The molecule has 7 nitrogen and oxygen atoms in total. The highest BCUT2D eigenvalue weighted by atomic mass is 32.1. The van der Waals surface area contributed by atoms with Gasteiger partial charge in [-0.25, -0.2) is 4.98 Å². The number of rotatable bonds is 4. The van der Waals surface area contributed by atoms with Crippen LogP contribution < -0.4 is 5.56 Å². The Labute approximate surface area is 153 Å². The predicted octanol–water partition coefficient (Wildman–Crippen LogP) is 1.43. The summed E-state index contributed by atoms with van der Waals surface area (Å²) >= 11 is 1.50. The Balaban J connectivity index is 1.69. The first-order valence-electron chi connectivity index (χ1n) is 8.32. The molecule has 0 saturated carbocycles. The predicted molar refractivity (Wildman–Crippen MR) is 98.2 cm³/mol. The number of aromatic nitrogens is 3. The molecular formula is C18H18N4O3S. The van der Waals surface area contributed by atoms with E-state index in [9.17, 15) is 9.59 Å². The molecule has 0 N–H and O–H groups in total. The van der Waals surface area contributed by atoms with Gasteiger partial charge in [-0.2, -0.15) is 0 Å². The van der Waals surface area contributed by atoms with Crippen molar-refractivity contribution in [2.75, 3.05) is 20.3 Å². The molecule has 0 fully saturated rings. The zero-order chi connectivity index (χ0) is 18.1. The van der Waals surface area contributed by atoms with Crippen LogP contribution in [0.3, 0.4) is 0 Å². The fourth-order valence-electron chi connectivity index (χ4n) is 3.25. The number of carbonyl (C=O) groups excluding carboxylic acids is 1. The Morgan fingerprint density at radius 1 is 1.42 bits per heavy atom. The second kappa shape index (κ2) is 6.97. The summed E-state index contributed by atoms with van der Waals surface area (Å²) in [7, 11) is 1.52. The highest BCUT2D eigenvalue weighted by Gasteiger charge is 2.26. The van der Waals surface area contributed by atoms with Crippen LogP contribution in [0.25, 0.3) is 10.2 Å². The molecule has 0 bridgehead atoms. The maximum Gasteiger partial charge on any atom is 0.262 e. The number of hydrogen-bond donors (Lipinski definition) is 0. The average molecular weight is 370 g/mol. The zero-order valence-electron chi connectivity index (χ0n) is 14.3. The number of thiophene rings is 1. The topological polar surface area (TPSA) is 77.3 Å². The maximum absolute atomic E-state index is 13.0. The van der Waals surface area contributed by atoms with Crippen LogP contribution in [0.2, 0.25) is 0 Å². The third-order valence-electron chi connectivity index (χ3n) is 4.52. The van der Waals surface area contributed by atoms with Gasteiger partial charge in [0.15, 0.2) is 0 Å². The number of amides is 1. The van der Waals surface area contributed by atoms with Crippen LogP contribution in [0.5, 0.6) is 0 Å². The van der Waals surface area contributed by atoms with Crippen LogP contribution in [-0.2, 0) is 29.0 Å². The summed E-state index contributed by atoms with van der Waals surface area (Å²) < 4.78 is 6.56. The standard InChI is InChI=1S/C18H18N4O3S/c1-25-10-15(23)21-6-4-13-14(9-21)26-17-16(13)18(24)22(11-20-17)8-12-3-2-5-19-7-12/h2-3,5,7,11H,4,6,8-10H2,1H3. The lowest BCUT2D eigenvalue weighted by molar-refractivity contribution is -0.136. The number of nitrogens with zero attached hydrogens (tertiary/aromatic N) is 4. The van der Waals surface area contributed by atoms with Crippen molar-refractivity contribution in [3.63, 3.8) is 0 Å². The molecule has 0 unspecified atom stereocenters. The lowest BCUT2D eigenvalue weighted by Crippen LogP contribution is -2.37. The first-order valence-corrected chi connectivity index (χ1v) is 9.14. The Bertz CT molecular complexity index is 1010. The van der Waals surface area contributed by atoms with E-state index in [1.807, 2.05) is 12.1 Å². The molecule has 0 saturated heterocycles. The van der Waals surface area contributed by atoms with Crippen molar-refractivity contribution in [3.8, 4) is 0 Å². The van der Waals surface area contributed by atoms with E-state index in [1.165, 1.54) is 18.4 Å². The number of ether oxygens (including phenoxy) is 1. The molecule has 4 heterocycles. The van der Waals surface area contributed by atoms with Crippen LogP contribution in [0.1, 0.15) is 16.0 Å². The summed E-state index contributed by atoms with van der Waals surface area (Å²) in [5, 5.41) is 0.690. The second-order valence-corrected chi connectivity index (χ2v) is 7.30. The monoisotopic (exact) mass is 370 g/mol. The van der Waals surface area contributed by atoms with E-state index in [-0.39, 0.29) is 18.1 Å². The minimum absolute atomic E-state index is 0.0300. The van der Waals surface area contributed by atoms with Gasteiger partial charge in [-0.05, 0) is 23.6 Å². The fourth-order valence-corrected chi connectivity index (χ4v) is 4.44. The highest BCUT2D eigenvalue weighted by molar-refractivity contribution is 7.18. The Morgan fingerprint density at radius 2 is 2.31 bits per heavy atom. The molecule has 1 amide bonds. The Morgan fingerprint density at radius 3 is 3.08 bits per heavy atom. The van der Waals surface area contributed by atoms with E-state index in [4.69, 9.17) is 4.74 Å². The molecule has 0 atom stereocenters. The first kappa shape index (κ1) is 16.9. The van der Waals surface area contributed by atoms with E-state index < -0.39 is 0 Å². The number of pyridine rings is 1. The van der Waals surface area contributed by atoms with Gasteiger partial charge in [-0.3, -0.25) is 19.1 Å². The molecule has 4 rings (SSSR count). The van der Waals surface area contributed by atoms with Gasteiger partial charge in [0.2, 0.25) is 5.91 Å². The molecule has 26 heavy (non-hydrogen) atoms. The summed E-state index contributed by atoms with van der Waals surface area (Å²) in [6.07, 6.45) is 5.71. The van der Waals surface area contributed by atoms with Crippen molar-refractivity contribution in [1.82, 2.24) is 19.4 Å². The smallest absolute Gasteiger partial charge is 0.262 e. The number of fused-ring (bicyclic) bond motifs is 3. The lowest BCUT2D eigenvalue weighted by Gasteiger charge is -2.26. The lowest BCUT2D eigenvalue weighted by atomic mass is 10.1. The van der Waals surface area contributed by atoms with Crippen LogP contribution >= 0.6 is 11.3 Å². The molecule has 1 aliphatic heterocycles. The van der Waals surface area contributed by atoms with Crippen molar-refractivity contribution in [2.45, 2.75) is 19.5 Å². The summed E-state index contributed by atoms with van der Waals surface area (Å²) in [5.74, 6) is -0.0300. The summed E-state index contributed by atoms with van der Waals surface area (Å²) in [5.41, 5.74) is 1.95. The maximum atomic E-state index is 13.0. The van der Waals surface area contributed by atoms with Crippen LogP contribution in [-0.4, -0.2) is 45.6 Å². The van der Waals surface area contributed by atoms with Crippen molar-refractivity contribution < 1.29 is 9.53 Å². The Hall–Kier alpha value is -2.58. The van der Waals surface area contributed by atoms with E-state index in [2.05, 4.69) is 9.97 Å². The van der Waals surface area contributed by atoms with Gasteiger partial charge in [0.1, 0.15) is 11.4 Å².